The maximum Gasteiger partial charge on any atom is 0.261 e. The second-order valence-electron chi connectivity index (χ2n) is 5.61. The first-order valence-corrected chi connectivity index (χ1v) is 7.21. The first-order valence-electron chi connectivity index (χ1n) is 7.21. The van der Waals surface area contributed by atoms with Crippen LogP contribution >= 0.6 is 0 Å². The summed E-state index contributed by atoms with van der Waals surface area (Å²) in [5.41, 5.74) is 0.0248. The molecule has 2 saturated heterocycles. The van der Waals surface area contributed by atoms with Crippen molar-refractivity contribution in [2.24, 2.45) is 0 Å². The zero-order valence-electron chi connectivity index (χ0n) is 11.5. The van der Waals surface area contributed by atoms with Crippen LogP contribution in [0.15, 0.2) is 18.2 Å². The molecule has 3 rings (SSSR count). The molecule has 1 aromatic carbocycles. The Hall–Kier alpha value is -1.75. The van der Waals surface area contributed by atoms with Crippen molar-refractivity contribution < 1.29 is 15.0 Å². The zero-order valence-corrected chi connectivity index (χ0v) is 11.5. The first kappa shape index (κ1) is 13.2. The molecule has 2 fully saturated rings. The molecule has 0 aromatic heterocycles. The number of piperazine rings is 1. The Morgan fingerprint density at radius 2 is 1.85 bits per heavy atom. The lowest BCUT2D eigenvalue weighted by Gasteiger charge is -2.44. The molecule has 20 heavy (non-hydrogen) atoms. The normalized spacial score (nSPS) is 23.4. The van der Waals surface area contributed by atoms with Gasteiger partial charge in [0.15, 0.2) is 0 Å². The molecular formula is C15H20N2O3. The Morgan fingerprint density at radius 3 is 2.60 bits per heavy atom. The summed E-state index contributed by atoms with van der Waals surface area (Å²) in [6.07, 6.45) is 3.58. The highest BCUT2D eigenvalue weighted by molar-refractivity contribution is 5.99. The minimum atomic E-state index is -0.272. The quantitative estimate of drug-likeness (QED) is 0.814. The highest BCUT2D eigenvalue weighted by atomic mass is 16.3. The maximum absolute atomic E-state index is 12.5. The molecule has 5 nitrogen and oxygen atoms in total. The Morgan fingerprint density at radius 1 is 1.10 bits per heavy atom. The Labute approximate surface area is 118 Å². The summed E-state index contributed by atoms with van der Waals surface area (Å²) in [5, 5.41) is 19.6. The van der Waals surface area contributed by atoms with Crippen LogP contribution in [0.3, 0.4) is 0 Å². The molecule has 0 saturated carbocycles. The Kier molecular flexibility index (Phi) is 3.53. The minimum absolute atomic E-state index is 0.0248. The van der Waals surface area contributed by atoms with Gasteiger partial charge in [0.05, 0.1) is 0 Å². The van der Waals surface area contributed by atoms with Crippen LogP contribution in [0, 0.1) is 0 Å². The van der Waals surface area contributed by atoms with Crippen molar-refractivity contribution in [1.82, 2.24) is 9.80 Å². The van der Waals surface area contributed by atoms with E-state index in [4.69, 9.17) is 0 Å². The van der Waals surface area contributed by atoms with E-state index < -0.39 is 0 Å². The van der Waals surface area contributed by atoms with Crippen LogP contribution in [0.2, 0.25) is 0 Å². The lowest BCUT2D eigenvalue weighted by molar-refractivity contribution is 0.0368. The molecule has 2 aliphatic heterocycles. The highest BCUT2D eigenvalue weighted by Gasteiger charge is 2.32. The number of benzene rings is 1. The number of piperidine rings is 1. The standard InChI is InChI=1S/C15H20N2O3/c18-12-5-3-6-13(19)14(12)15(20)17-9-8-16-7-2-1-4-11(16)10-17/h3,5-6,11,18-19H,1-2,4,7-10H2. The largest absolute Gasteiger partial charge is 0.507 e. The Balaban J connectivity index is 1.78. The van der Waals surface area contributed by atoms with Gasteiger partial charge in [-0.3, -0.25) is 9.69 Å². The van der Waals surface area contributed by atoms with E-state index in [1.807, 2.05) is 0 Å². The van der Waals surface area contributed by atoms with Gasteiger partial charge in [0.1, 0.15) is 17.1 Å². The topological polar surface area (TPSA) is 64.0 Å². The summed E-state index contributed by atoms with van der Waals surface area (Å²) in [6.45, 7) is 3.34. The minimum Gasteiger partial charge on any atom is -0.507 e. The second-order valence-corrected chi connectivity index (χ2v) is 5.61. The van der Waals surface area contributed by atoms with Gasteiger partial charge >= 0.3 is 0 Å². The molecule has 1 aromatic rings. The van der Waals surface area contributed by atoms with E-state index in [1.165, 1.54) is 31.0 Å². The van der Waals surface area contributed by atoms with Crippen LogP contribution < -0.4 is 0 Å². The van der Waals surface area contributed by atoms with Crippen molar-refractivity contribution in [3.63, 3.8) is 0 Å². The molecule has 1 amide bonds. The van der Waals surface area contributed by atoms with Crippen molar-refractivity contribution in [2.45, 2.75) is 25.3 Å². The van der Waals surface area contributed by atoms with Crippen LogP contribution in [0.5, 0.6) is 11.5 Å². The molecule has 5 heteroatoms. The number of nitrogens with zero attached hydrogens (tertiary/aromatic N) is 2. The van der Waals surface area contributed by atoms with Gasteiger partial charge in [0, 0.05) is 25.7 Å². The smallest absolute Gasteiger partial charge is 0.261 e. The summed E-state index contributed by atoms with van der Waals surface area (Å²) >= 11 is 0. The van der Waals surface area contributed by atoms with Crippen LogP contribution in [-0.2, 0) is 0 Å². The fraction of sp³-hybridized carbons (Fsp3) is 0.533. The number of amides is 1. The summed E-state index contributed by atoms with van der Waals surface area (Å²) < 4.78 is 0. The maximum atomic E-state index is 12.5. The Bertz CT molecular complexity index is 498. The van der Waals surface area contributed by atoms with E-state index in [2.05, 4.69) is 4.90 Å². The molecule has 0 spiro atoms. The number of carbonyl (C=O) groups excluding carboxylic acids is 1. The SMILES string of the molecule is O=C(c1c(O)cccc1O)N1CCN2CCCCC2C1. The third-order valence-corrected chi connectivity index (χ3v) is 4.36. The van der Waals surface area contributed by atoms with Gasteiger partial charge in [-0.25, -0.2) is 0 Å². The van der Waals surface area contributed by atoms with Gasteiger partial charge in [-0.2, -0.15) is 0 Å². The second kappa shape index (κ2) is 5.32. The number of fused-ring (bicyclic) bond motifs is 1. The summed E-state index contributed by atoms with van der Waals surface area (Å²) in [6, 6.07) is 4.82. The monoisotopic (exact) mass is 276 g/mol. The highest BCUT2D eigenvalue weighted by Crippen LogP contribution is 2.29. The number of aromatic hydroxyl groups is 2. The van der Waals surface area contributed by atoms with Gasteiger partial charge in [-0.1, -0.05) is 12.5 Å². The predicted octanol–water partition coefficient (Wildman–Crippen LogP) is 1.41. The number of phenolic OH excluding ortho intramolecular Hbond substituents is 2. The summed E-state index contributed by atoms with van der Waals surface area (Å²) in [7, 11) is 0. The molecule has 108 valence electrons. The van der Waals surface area contributed by atoms with E-state index in [0.717, 1.165) is 19.5 Å². The van der Waals surface area contributed by atoms with Gasteiger partial charge in [0.2, 0.25) is 0 Å². The van der Waals surface area contributed by atoms with Crippen LogP contribution in [0.1, 0.15) is 29.6 Å². The van der Waals surface area contributed by atoms with E-state index in [1.54, 1.807) is 4.90 Å². The molecule has 2 aliphatic rings. The number of phenols is 2. The van der Waals surface area contributed by atoms with E-state index in [-0.39, 0.29) is 23.0 Å². The number of carbonyl (C=O) groups is 1. The van der Waals surface area contributed by atoms with Crippen molar-refractivity contribution in [3.05, 3.63) is 23.8 Å². The molecule has 0 aliphatic carbocycles. The molecule has 1 unspecified atom stereocenters. The summed E-state index contributed by atoms with van der Waals surface area (Å²) in [4.78, 5) is 16.7. The van der Waals surface area contributed by atoms with E-state index in [9.17, 15) is 15.0 Å². The third kappa shape index (κ3) is 2.33. The molecule has 0 bridgehead atoms. The third-order valence-electron chi connectivity index (χ3n) is 4.36. The predicted molar refractivity (Wildman–Crippen MR) is 74.9 cm³/mol. The molecule has 0 radical (unpaired) electrons. The van der Waals surface area contributed by atoms with Crippen molar-refractivity contribution in [2.75, 3.05) is 26.2 Å². The zero-order chi connectivity index (χ0) is 14.1. The lowest BCUT2D eigenvalue weighted by Crippen LogP contribution is -2.56. The van der Waals surface area contributed by atoms with Crippen LogP contribution in [-0.4, -0.2) is 58.1 Å². The van der Waals surface area contributed by atoms with Crippen LogP contribution in [0.4, 0.5) is 0 Å². The van der Waals surface area contributed by atoms with Gasteiger partial charge < -0.3 is 15.1 Å². The number of rotatable bonds is 1. The average molecular weight is 276 g/mol. The van der Waals surface area contributed by atoms with Crippen molar-refractivity contribution in [1.29, 1.82) is 0 Å². The van der Waals surface area contributed by atoms with E-state index in [0.29, 0.717) is 19.1 Å². The van der Waals surface area contributed by atoms with Gasteiger partial charge in [-0.05, 0) is 31.5 Å². The average Bonchev–Trinajstić information content (AvgIpc) is 2.46. The lowest BCUT2D eigenvalue weighted by atomic mass is 9.99. The molecule has 2 heterocycles. The number of hydrogen-bond acceptors (Lipinski definition) is 4. The molecular weight excluding hydrogens is 256 g/mol. The van der Waals surface area contributed by atoms with Crippen molar-refractivity contribution in [3.8, 4) is 11.5 Å². The van der Waals surface area contributed by atoms with Gasteiger partial charge in [-0.15, -0.1) is 0 Å². The fourth-order valence-corrected chi connectivity index (χ4v) is 3.25. The molecule has 1 atom stereocenters. The summed E-state index contributed by atoms with van der Waals surface area (Å²) in [5.74, 6) is -0.576. The van der Waals surface area contributed by atoms with Crippen molar-refractivity contribution >= 4 is 5.91 Å². The van der Waals surface area contributed by atoms with Crippen LogP contribution in [0.25, 0.3) is 0 Å². The molecule has 2 N–H and O–H groups in total. The van der Waals surface area contributed by atoms with E-state index >= 15 is 0 Å². The fourth-order valence-electron chi connectivity index (χ4n) is 3.25. The number of hydrogen-bond donors (Lipinski definition) is 2. The van der Waals surface area contributed by atoms with Gasteiger partial charge in [0.25, 0.3) is 5.91 Å². The first-order chi connectivity index (χ1) is 9.66.